The number of aryl methyl sites for hydroxylation is 1. The van der Waals surface area contributed by atoms with Crippen molar-refractivity contribution >= 4 is 21.8 Å². The van der Waals surface area contributed by atoms with Crippen molar-refractivity contribution in [3.05, 3.63) is 41.8 Å². The molecule has 0 saturated carbocycles. The van der Waals surface area contributed by atoms with Crippen LogP contribution in [0.2, 0.25) is 0 Å². The lowest BCUT2D eigenvalue weighted by molar-refractivity contribution is 0.101. The van der Waals surface area contributed by atoms with E-state index in [2.05, 4.69) is 10.5 Å². The largest absolute Gasteiger partial charge is 0.361 e. The number of hydrogen-bond donors (Lipinski definition) is 1. The van der Waals surface area contributed by atoms with Crippen LogP contribution in [0.1, 0.15) is 16.2 Å². The minimum Gasteiger partial charge on any atom is -0.361 e. The van der Waals surface area contributed by atoms with E-state index >= 15 is 0 Å². The maximum atomic E-state index is 13.0. The lowest BCUT2D eigenvalue weighted by Gasteiger charge is -2.06. The number of hydrogen-bond acceptors (Lipinski definition) is 5. The van der Waals surface area contributed by atoms with Crippen LogP contribution in [-0.4, -0.2) is 19.5 Å². The summed E-state index contributed by atoms with van der Waals surface area (Å²) in [6, 6.07) is 6.53. The minimum atomic E-state index is -4.91. The Kier molecular flexibility index (Phi) is 3.34. The van der Waals surface area contributed by atoms with Gasteiger partial charge in [0, 0.05) is 6.07 Å². The van der Waals surface area contributed by atoms with E-state index in [4.69, 9.17) is 4.52 Å². The highest BCUT2D eigenvalue weighted by Gasteiger charge is 2.19. The van der Waals surface area contributed by atoms with Gasteiger partial charge in [0.25, 0.3) is 5.91 Å². The van der Waals surface area contributed by atoms with Crippen LogP contribution in [0, 0.1) is 6.92 Å². The van der Waals surface area contributed by atoms with Crippen LogP contribution in [-0.2, 0) is 10.2 Å². The predicted molar refractivity (Wildman–Crippen MR) is 63.9 cm³/mol. The van der Waals surface area contributed by atoms with Crippen LogP contribution >= 0.6 is 0 Å². The maximum absolute atomic E-state index is 13.0. The third kappa shape index (κ3) is 2.97. The molecule has 0 fully saturated rings. The van der Waals surface area contributed by atoms with Crippen molar-refractivity contribution in [2.45, 2.75) is 11.8 Å². The molecule has 0 atom stereocenters. The summed E-state index contributed by atoms with van der Waals surface area (Å²) in [5.74, 6) is -0.260. The Balaban J connectivity index is 2.32. The van der Waals surface area contributed by atoms with Gasteiger partial charge in [0.05, 0.1) is 5.69 Å². The Labute approximate surface area is 108 Å². The molecule has 0 bridgehead atoms. The molecule has 0 aliphatic carbocycles. The van der Waals surface area contributed by atoms with Gasteiger partial charge >= 0.3 is 10.2 Å². The molecule has 0 aliphatic rings. The van der Waals surface area contributed by atoms with Crippen LogP contribution in [0.15, 0.2) is 39.8 Å². The standard InChI is InChI=1S/C11H9FN2O4S/c1-7-6-9(14-18-7)11(15)13-8-4-2-3-5-10(8)19(12,16)17/h2-6H,1H3,(H,13,15). The maximum Gasteiger partial charge on any atom is 0.334 e. The number of carbonyl (C=O) groups is 1. The molecule has 6 nitrogen and oxygen atoms in total. The third-order valence-corrected chi connectivity index (χ3v) is 3.14. The fourth-order valence-corrected chi connectivity index (χ4v) is 2.07. The van der Waals surface area contributed by atoms with Gasteiger partial charge in [-0.2, -0.15) is 8.42 Å². The Morgan fingerprint density at radius 3 is 2.63 bits per heavy atom. The van der Waals surface area contributed by atoms with Gasteiger partial charge in [-0.3, -0.25) is 4.79 Å². The molecule has 0 unspecified atom stereocenters. The average Bonchev–Trinajstić information content (AvgIpc) is 2.75. The van der Waals surface area contributed by atoms with E-state index in [0.717, 1.165) is 6.07 Å². The summed E-state index contributed by atoms with van der Waals surface area (Å²) in [4.78, 5) is 11.1. The zero-order valence-electron chi connectivity index (χ0n) is 9.75. The predicted octanol–water partition coefficient (Wildman–Crippen LogP) is 1.89. The number of nitrogens with zero attached hydrogens (tertiary/aromatic N) is 1. The van der Waals surface area contributed by atoms with E-state index in [-0.39, 0.29) is 11.4 Å². The van der Waals surface area contributed by atoms with Gasteiger partial charge in [-0.05, 0) is 19.1 Å². The van der Waals surface area contributed by atoms with Gasteiger partial charge < -0.3 is 9.84 Å². The second-order valence-corrected chi connectivity index (χ2v) is 5.03. The Morgan fingerprint density at radius 2 is 2.05 bits per heavy atom. The quantitative estimate of drug-likeness (QED) is 0.869. The van der Waals surface area contributed by atoms with Gasteiger partial charge in [0.1, 0.15) is 10.7 Å². The molecule has 19 heavy (non-hydrogen) atoms. The highest BCUT2D eigenvalue weighted by atomic mass is 32.3. The van der Waals surface area contributed by atoms with Gasteiger partial charge in [0.15, 0.2) is 5.69 Å². The lowest BCUT2D eigenvalue weighted by atomic mass is 10.3. The van der Waals surface area contributed by atoms with Crippen molar-refractivity contribution in [2.24, 2.45) is 0 Å². The molecule has 2 aromatic rings. The van der Waals surface area contributed by atoms with E-state index in [0.29, 0.717) is 5.76 Å². The lowest BCUT2D eigenvalue weighted by Crippen LogP contribution is -2.14. The van der Waals surface area contributed by atoms with Crippen LogP contribution in [0.25, 0.3) is 0 Å². The Bertz CT molecular complexity index is 724. The number of halogens is 1. The summed E-state index contributed by atoms with van der Waals surface area (Å²) in [6.45, 7) is 1.60. The summed E-state index contributed by atoms with van der Waals surface area (Å²) in [7, 11) is -4.91. The molecular formula is C11H9FN2O4S. The Hall–Kier alpha value is -2.22. The van der Waals surface area contributed by atoms with E-state index in [1.807, 2.05) is 0 Å². The smallest absolute Gasteiger partial charge is 0.334 e. The SMILES string of the molecule is Cc1cc(C(=O)Nc2ccccc2S(=O)(=O)F)no1. The number of benzene rings is 1. The minimum absolute atomic E-state index is 0.0245. The fourth-order valence-electron chi connectivity index (χ4n) is 1.44. The van der Waals surface area contributed by atoms with Gasteiger partial charge in [0.2, 0.25) is 0 Å². The molecule has 100 valence electrons. The molecule has 0 saturated heterocycles. The molecule has 0 aliphatic heterocycles. The van der Waals surface area contributed by atoms with Crippen LogP contribution in [0.5, 0.6) is 0 Å². The highest BCUT2D eigenvalue weighted by Crippen LogP contribution is 2.23. The van der Waals surface area contributed by atoms with Gasteiger partial charge in [-0.1, -0.05) is 17.3 Å². The van der Waals surface area contributed by atoms with Crippen molar-refractivity contribution < 1.29 is 21.6 Å². The monoisotopic (exact) mass is 284 g/mol. The van der Waals surface area contributed by atoms with E-state index in [1.165, 1.54) is 24.3 Å². The number of rotatable bonds is 3. The van der Waals surface area contributed by atoms with Crippen molar-refractivity contribution in [3.63, 3.8) is 0 Å². The molecule has 0 radical (unpaired) electrons. The summed E-state index contributed by atoms with van der Waals surface area (Å²) < 4.78 is 39.6. The molecule has 1 amide bonds. The summed E-state index contributed by atoms with van der Waals surface area (Å²) in [5.41, 5.74) is -0.181. The van der Waals surface area contributed by atoms with E-state index < -0.39 is 21.0 Å². The van der Waals surface area contributed by atoms with Gasteiger partial charge in [-0.15, -0.1) is 3.89 Å². The van der Waals surface area contributed by atoms with Crippen molar-refractivity contribution in [2.75, 3.05) is 5.32 Å². The number of amides is 1. The number of nitrogens with one attached hydrogen (secondary N) is 1. The molecule has 1 aromatic heterocycles. The zero-order chi connectivity index (χ0) is 14.0. The number of carbonyl (C=O) groups excluding carboxylic acids is 1. The first kappa shape index (κ1) is 13.2. The molecule has 1 heterocycles. The van der Waals surface area contributed by atoms with Gasteiger partial charge in [-0.25, -0.2) is 0 Å². The molecule has 0 spiro atoms. The van der Waals surface area contributed by atoms with Crippen molar-refractivity contribution in [1.82, 2.24) is 5.16 Å². The number of aromatic nitrogens is 1. The summed E-state index contributed by atoms with van der Waals surface area (Å²) in [6.07, 6.45) is 0. The fraction of sp³-hybridized carbons (Fsp3) is 0.0909. The Morgan fingerprint density at radius 1 is 1.37 bits per heavy atom. The zero-order valence-corrected chi connectivity index (χ0v) is 10.6. The topological polar surface area (TPSA) is 89.3 Å². The summed E-state index contributed by atoms with van der Waals surface area (Å²) >= 11 is 0. The number of anilines is 1. The molecule has 2 rings (SSSR count). The van der Waals surface area contributed by atoms with Crippen molar-refractivity contribution in [1.29, 1.82) is 0 Å². The van der Waals surface area contributed by atoms with Crippen LogP contribution in [0.4, 0.5) is 9.57 Å². The van der Waals surface area contributed by atoms with E-state index in [9.17, 15) is 17.1 Å². The number of para-hydroxylation sites is 1. The molecular weight excluding hydrogens is 275 g/mol. The normalized spacial score (nSPS) is 11.3. The second kappa shape index (κ2) is 4.81. The van der Waals surface area contributed by atoms with Crippen molar-refractivity contribution in [3.8, 4) is 0 Å². The highest BCUT2D eigenvalue weighted by molar-refractivity contribution is 7.86. The molecule has 1 aromatic carbocycles. The first-order valence-electron chi connectivity index (χ1n) is 5.16. The summed E-state index contributed by atoms with van der Waals surface area (Å²) in [5, 5.41) is 5.74. The third-order valence-electron chi connectivity index (χ3n) is 2.26. The van der Waals surface area contributed by atoms with Crippen LogP contribution < -0.4 is 5.32 Å². The van der Waals surface area contributed by atoms with Crippen LogP contribution in [0.3, 0.4) is 0 Å². The molecule has 8 heteroatoms. The first-order chi connectivity index (χ1) is 8.88. The second-order valence-electron chi connectivity index (χ2n) is 3.71. The molecule has 1 N–H and O–H groups in total. The van der Waals surface area contributed by atoms with E-state index in [1.54, 1.807) is 6.92 Å². The first-order valence-corrected chi connectivity index (χ1v) is 6.54. The average molecular weight is 284 g/mol.